The summed E-state index contributed by atoms with van der Waals surface area (Å²) in [6.07, 6.45) is 0. The van der Waals surface area contributed by atoms with Crippen molar-refractivity contribution in [2.45, 2.75) is 4.90 Å². The standard InChI is InChI=1S/C16H17N5O3S2/c1-21(2)26(23,24)12-6-3-5-11(9-12)17-16(22)18-15-10-13(19-20-15)14-7-4-8-25-14/h3-10H,1-2H3,(H3,17,18,19,20,22). The van der Waals surface area contributed by atoms with Gasteiger partial charge in [0.15, 0.2) is 5.82 Å². The van der Waals surface area contributed by atoms with E-state index in [0.29, 0.717) is 11.5 Å². The summed E-state index contributed by atoms with van der Waals surface area (Å²) in [6.45, 7) is 0. The summed E-state index contributed by atoms with van der Waals surface area (Å²) in [5.74, 6) is 0.364. The van der Waals surface area contributed by atoms with Gasteiger partial charge in [-0.1, -0.05) is 12.1 Å². The van der Waals surface area contributed by atoms with Crippen LogP contribution in [0.2, 0.25) is 0 Å². The highest BCUT2D eigenvalue weighted by Gasteiger charge is 2.17. The van der Waals surface area contributed by atoms with E-state index in [-0.39, 0.29) is 4.90 Å². The second kappa shape index (κ2) is 7.28. The summed E-state index contributed by atoms with van der Waals surface area (Å²) in [4.78, 5) is 13.2. The summed E-state index contributed by atoms with van der Waals surface area (Å²) in [6, 6.07) is 11.1. The third-order valence-electron chi connectivity index (χ3n) is 3.48. The molecule has 26 heavy (non-hydrogen) atoms. The summed E-state index contributed by atoms with van der Waals surface area (Å²) in [7, 11) is -0.672. The number of carbonyl (C=O) groups is 1. The Balaban J connectivity index is 1.69. The van der Waals surface area contributed by atoms with Gasteiger partial charge in [0.25, 0.3) is 0 Å². The number of hydrogen-bond donors (Lipinski definition) is 3. The average Bonchev–Trinajstić information content (AvgIpc) is 3.26. The van der Waals surface area contributed by atoms with Crippen LogP contribution < -0.4 is 10.6 Å². The number of benzene rings is 1. The predicted molar refractivity (Wildman–Crippen MR) is 102 cm³/mol. The van der Waals surface area contributed by atoms with Crippen molar-refractivity contribution in [2.24, 2.45) is 0 Å². The first kappa shape index (κ1) is 18.1. The first-order chi connectivity index (χ1) is 12.4. The zero-order chi connectivity index (χ0) is 18.7. The van der Waals surface area contributed by atoms with Crippen LogP contribution in [0.1, 0.15) is 0 Å². The Labute approximate surface area is 154 Å². The molecule has 0 spiro atoms. The number of thiophene rings is 1. The maximum atomic E-state index is 12.2. The molecule has 10 heteroatoms. The zero-order valence-electron chi connectivity index (χ0n) is 14.1. The SMILES string of the molecule is CN(C)S(=O)(=O)c1cccc(NC(=O)Nc2cc(-c3cccs3)[nH]n2)c1. The van der Waals surface area contributed by atoms with E-state index in [1.54, 1.807) is 29.5 Å². The molecule has 8 nitrogen and oxygen atoms in total. The van der Waals surface area contributed by atoms with Crippen LogP contribution in [0, 0.1) is 0 Å². The topological polar surface area (TPSA) is 107 Å². The van der Waals surface area contributed by atoms with E-state index in [0.717, 1.165) is 14.9 Å². The third kappa shape index (κ3) is 3.93. The van der Waals surface area contributed by atoms with Crippen LogP contribution in [0.4, 0.5) is 16.3 Å². The van der Waals surface area contributed by atoms with Gasteiger partial charge in [-0.2, -0.15) is 5.10 Å². The number of aromatic amines is 1. The van der Waals surface area contributed by atoms with E-state index < -0.39 is 16.1 Å². The highest BCUT2D eigenvalue weighted by Crippen LogP contribution is 2.24. The Hall–Kier alpha value is -2.69. The fourth-order valence-electron chi connectivity index (χ4n) is 2.17. The van der Waals surface area contributed by atoms with Crippen LogP contribution >= 0.6 is 11.3 Å². The minimum atomic E-state index is -3.57. The molecule has 0 unspecified atom stereocenters. The van der Waals surface area contributed by atoms with E-state index in [1.807, 2.05) is 17.5 Å². The van der Waals surface area contributed by atoms with Crippen molar-refractivity contribution in [1.82, 2.24) is 14.5 Å². The first-order valence-corrected chi connectivity index (χ1v) is 9.88. The van der Waals surface area contributed by atoms with Crippen LogP contribution in [0.15, 0.2) is 52.7 Å². The summed E-state index contributed by atoms with van der Waals surface area (Å²) in [5.41, 5.74) is 1.16. The predicted octanol–water partition coefficient (Wildman–Crippen LogP) is 3.03. The molecule has 0 aliphatic carbocycles. The Morgan fingerprint density at radius 2 is 1.96 bits per heavy atom. The van der Waals surface area contributed by atoms with Gasteiger partial charge in [0.2, 0.25) is 10.0 Å². The monoisotopic (exact) mass is 391 g/mol. The van der Waals surface area contributed by atoms with E-state index in [9.17, 15) is 13.2 Å². The molecule has 2 amide bonds. The van der Waals surface area contributed by atoms with Crippen LogP contribution in [0.3, 0.4) is 0 Å². The Kier molecular flexibility index (Phi) is 5.07. The Bertz CT molecular complexity index is 1010. The van der Waals surface area contributed by atoms with Gasteiger partial charge in [-0.05, 0) is 29.6 Å². The van der Waals surface area contributed by atoms with E-state index >= 15 is 0 Å². The minimum absolute atomic E-state index is 0.0973. The Morgan fingerprint density at radius 1 is 1.15 bits per heavy atom. The van der Waals surface area contributed by atoms with Crippen LogP contribution in [-0.2, 0) is 10.0 Å². The number of H-pyrrole nitrogens is 1. The van der Waals surface area contributed by atoms with Crippen molar-refractivity contribution in [3.8, 4) is 10.6 Å². The fraction of sp³-hybridized carbons (Fsp3) is 0.125. The second-order valence-corrected chi connectivity index (χ2v) is 8.64. The lowest BCUT2D eigenvalue weighted by Gasteiger charge is -2.12. The number of nitrogens with zero attached hydrogens (tertiary/aromatic N) is 2. The van der Waals surface area contributed by atoms with Gasteiger partial charge < -0.3 is 5.32 Å². The van der Waals surface area contributed by atoms with Gasteiger partial charge in [0.05, 0.1) is 15.5 Å². The maximum absolute atomic E-state index is 12.2. The molecule has 0 bridgehead atoms. The molecule has 0 radical (unpaired) electrons. The van der Waals surface area contributed by atoms with Crippen molar-refractivity contribution in [1.29, 1.82) is 0 Å². The molecule has 0 saturated heterocycles. The first-order valence-electron chi connectivity index (χ1n) is 7.56. The Morgan fingerprint density at radius 3 is 2.65 bits per heavy atom. The maximum Gasteiger partial charge on any atom is 0.324 e. The highest BCUT2D eigenvalue weighted by atomic mass is 32.2. The molecule has 2 aromatic heterocycles. The molecule has 0 atom stereocenters. The minimum Gasteiger partial charge on any atom is -0.308 e. The van der Waals surface area contributed by atoms with E-state index in [1.165, 1.54) is 26.2 Å². The molecule has 0 aliphatic rings. The van der Waals surface area contributed by atoms with Gasteiger partial charge >= 0.3 is 6.03 Å². The largest absolute Gasteiger partial charge is 0.324 e. The highest BCUT2D eigenvalue weighted by molar-refractivity contribution is 7.89. The molecular formula is C16H17N5O3S2. The van der Waals surface area contributed by atoms with Crippen molar-refractivity contribution in [2.75, 3.05) is 24.7 Å². The summed E-state index contributed by atoms with van der Waals surface area (Å²) < 4.78 is 25.4. The van der Waals surface area contributed by atoms with Crippen molar-refractivity contribution < 1.29 is 13.2 Å². The van der Waals surface area contributed by atoms with Crippen molar-refractivity contribution >= 4 is 38.9 Å². The quantitative estimate of drug-likeness (QED) is 0.621. The number of amides is 2. The molecule has 1 aromatic carbocycles. The number of anilines is 2. The number of carbonyl (C=O) groups excluding carboxylic acids is 1. The molecule has 0 saturated carbocycles. The van der Waals surface area contributed by atoms with Gasteiger partial charge in [0.1, 0.15) is 0 Å². The summed E-state index contributed by atoms with van der Waals surface area (Å²) >= 11 is 1.56. The molecular weight excluding hydrogens is 374 g/mol. The molecule has 2 heterocycles. The molecule has 3 rings (SSSR count). The normalized spacial score (nSPS) is 11.5. The lowest BCUT2D eigenvalue weighted by atomic mass is 10.3. The van der Waals surface area contributed by atoms with Crippen LogP contribution in [0.5, 0.6) is 0 Å². The fourth-order valence-corrected chi connectivity index (χ4v) is 3.81. The molecule has 3 N–H and O–H groups in total. The average molecular weight is 391 g/mol. The van der Waals surface area contributed by atoms with E-state index in [2.05, 4.69) is 20.8 Å². The van der Waals surface area contributed by atoms with Crippen molar-refractivity contribution in [3.63, 3.8) is 0 Å². The molecule has 0 aliphatic heterocycles. The van der Waals surface area contributed by atoms with Gasteiger partial charge in [-0.15, -0.1) is 11.3 Å². The number of sulfonamides is 1. The van der Waals surface area contributed by atoms with Crippen LogP contribution in [-0.4, -0.2) is 43.0 Å². The number of aromatic nitrogens is 2. The number of hydrogen-bond acceptors (Lipinski definition) is 5. The van der Waals surface area contributed by atoms with E-state index in [4.69, 9.17) is 0 Å². The molecule has 0 fully saturated rings. The second-order valence-electron chi connectivity index (χ2n) is 5.54. The van der Waals surface area contributed by atoms with Gasteiger partial charge in [-0.3, -0.25) is 10.4 Å². The smallest absolute Gasteiger partial charge is 0.308 e. The lowest BCUT2D eigenvalue weighted by Crippen LogP contribution is -2.23. The van der Waals surface area contributed by atoms with Gasteiger partial charge in [0, 0.05) is 25.8 Å². The van der Waals surface area contributed by atoms with Gasteiger partial charge in [-0.25, -0.2) is 17.5 Å². The van der Waals surface area contributed by atoms with Crippen molar-refractivity contribution in [3.05, 3.63) is 47.8 Å². The summed E-state index contributed by atoms with van der Waals surface area (Å²) in [5, 5.41) is 14.0. The number of nitrogens with one attached hydrogen (secondary N) is 3. The number of urea groups is 1. The molecule has 136 valence electrons. The van der Waals surface area contributed by atoms with Crippen LogP contribution in [0.25, 0.3) is 10.6 Å². The lowest BCUT2D eigenvalue weighted by molar-refractivity contribution is 0.262. The third-order valence-corrected chi connectivity index (χ3v) is 6.19. The molecule has 3 aromatic rings. The number of rotatable bonds is 5. The zero-order valence-corrected chi connectivity index (χ0v) is 15.7.